The lowest BCUT2D eigenvalue weighted by molar-refractivity contribution is -0.130. The molecular formula is C26H33NO3. The first-order valence-electron chi connectivity index (χ1n) is 11.0. The highest BCUT2D eigenvalue weighted by molar-refractivity contribution is 5.83. The van der Waals surface area contributed by atoms with E-state index in [0.29, 0.717) is 18.8 Å². The average Bonchev–Trinajstić information content (AvgIpc) is 2.72. The Hall–Kier alpha value is -2.33. The van der Waals surface area contributed by atoms with Gasteiger partial charge in [0.25, 0.3) is 0 Å². The second-order valence-electron chi connectivity index (χ2n) is 9.87. The molecule has 2 aromatic rings. The number of carbonyl (C=O) groups is 1. The normalized spacial score (nSPS) is 21.7. The predicted molar refractivity (Wildman–Crippen MR) is 119 cm³/mol. The largest absolute Gasteiger partial charge is 0.493 e. The number of ketones is 1. The molecule has 0 unspecified atom stereocenters. The molecule has 0 N–H and O–H groups in total. The number of rotatable bonds is 5. The van der Waals surface area contributed by atoms with E-state index in [4.69, 9.17) is 9.47 Å². The van der Waals surface area contributed by atoms with Gasteiger partial charge in [-0.3, -0.25) is 9.69 Å². The molecule has 2 aliphatic rings. The summed E-state index contributed by atoms with van der Waals surface area (Å²) in [6.07, 6.45) is 2.53. The van der Waals surface area contributed by atoms with Gasteiger partial charge in [-0.15, -0.1) is 0 Å². The van der Waals surface area contributed by atoms with Gasteiger partial charge < -0.3 is 9.47 Å². The molecule has 1 fully saturated rings. The Kier molecular flexibility index (Phi) is 5.88. The Morgan fingerprint density at radius 2 is 1.87 bits per heavy atom. The van der Waals surface area contributed by atoms with Crippen molar-refractivity contribution in [2.75, 3.05) is 20.2 Å². The number of carbonyl (C=O) groups excluding carboxylic acids is 1. The number of methoxy groups -OCH3 is 1. The zero-order chi connectivity index (χ0) is 21.3. The van der Waals surface area contributed by atoms with Crippen molar-refractivity contribution in [1.29, 1.82) is 0 Å². The molecule has 2 aliphatic heterocycles. The first kappa shape index (κ1) is 20.9. The third-order valence-electron chi connectivity index (χ3n) is 6.29. The minimum atomic E-state index is 0.151. The summed E-state index contributed by atoms with van der Waals surface area (Å²) in [5, 5.41) is 0. The van der Waals surface area contributed by atoms with Gasteiger partial charge in [0.05, 0.1) is 7.11 Å². The molecule has 2 heterocycles. The molecular weight excluding hydrogens is 374 g/mol. The van der Waals surface area contributed by atoms with Gasteiger partial charge in [-0.05, 0) is 47.1 Å². The van der Waals surface area contributed by atoms with Gasteiger partial charge in [-0.1, -0.05) is 51.1 Å². The maximum Gasteiger partial charge on any atom is 0.161 e. The number of Topliss-reactive ketones (excluding diaryl/α,β-unsaturated/α-hetero) is 1. The van der Waals surface area contributed by atoms with Crippen LogP contribution >= 0.6 is 0 Å². The zero-order valence-corrected chi connectivity index (χ0v) is 18.6. The Balaban J connectivity index is 1.54. The number of ether oxygens (including phenoxy) is 2. The van der Waals surface area contributed by atoms with Crippen LogP contribution in [0, 0.1) is 11.3 Å². The third-order valence-corrected chi connectivity index (χ3v) is 6.29. The summed E-state index contributed by atoms with van der Waals surface area (Å²) in [6.45, 7) is 9.04. The van der Waals surface area contributed by atoms with Crippen LogP contribution in [0.25, 0.3) is 0 Å². The van der Waals surface area contributed by atoms with E-state index in [1.807, 2.05) is 18.2 Å². The third kappa shape index (κ3) is 4.54. The summed E-state index contributed by atoms with van der Waals surface area (Å²) >= 11 is 0. The molecule has 0 aliphatic carbocycles. The van der Waals surface area contributed by atoms with Gasteiger partial charge in [0.1, 0.15) is 12.4 Å². The highest BCUT2D eigenvalue weighted by Crippen LogP contribution is 2.43. The zero-order valence-electron chi connectivity index (χ0n) is 18.6. The minimum Gasteiger partial charge on any atom is -0.493 e. The standard InChI is InChI=1S/C26H33NO3/c1-26(2,3)15-20-16-27-11-10-19-12-25(30-17-18-8-6-5-7-9-18)24(29-4)13-21(19)22(27)14-23(20)28/h5-9,12-13,20,22H,10-11,14-17H2,1-4H3/t20-,22-/m1/s1. The smallest absolute Gasteiger partial charge is 0.161 e. The van der Waals surface area contributed by atoms with Crippen molar-refractivity contribution >= 4 is 5.78 Å². The van der Waals surface area contributed by atoms with Gasteiger partial charge in [-0.2, -0.15) is 0 Å². The molecule has 4 nitrogen and oxygen atoms in total. The van der Waals surface area contributed by atoms with E-state index in [9.17, 15) is 4.79 Å². The maximum atomic E-state index is 12.9. The van der Waals surface area contributed by atoms with Crippen molar-refractivity contribution < 1.29 is 14.3 Å². The van der Waals surface area contributed by atoms with Crippen LogP contribution in [0.3, 0.4) is 0 Å². The molecule has 0 aromatic heterocycles. The molecule has 0 saturated carbocycles. The van der Waals surface area contributed by atoms with Crippen molar-refractivity contribution in [1.82, 2.24) is 4.90 Å². The van der Waals surface area contributed by atoms with E-state index >= 15 is 0 Å². The molecule has 160 valence electrons. The molecule has 4 rings (SSSR count). The average molecular weight is 408 g/mol. The van der Waals surface area contributed by atoms with Crippen LogP contribution in [0.15, 0.2) is 42.5 Å². The summed E-state index contributed by atoms with van der Waals surface area (Å²) in [5.41, 5.74) is 3.82. The van der Waals surface area contributed by atoms with E-state index in [0.717, 1.165) is 43.0 Å². The summed E-state index contributed by atoms with van der Waals surface area (Å²) in [5.74, 6) is 2.08. The predicted octanol–water partition coefficient (Wildman–Crippen LogP) is 5.20. The Morgan fingerprint density at radius 3 is 2.57 bits per heavy atom. The van der Waals surface area contributed by atoms with Crippen molar-refractivity contribution in [2.24, 2.45) is 11.3 Å². The number of hydrogen-bond acceptors (Lipinski definition) is 4. The quantitative estimate of drug-likeness (QED) is 0.683. The fourth-order valence-corrected chi connectivity index (χ4v) is 4.89. The second-order valence-corrected chi connectivity index (χ2v) is 9.87. The van der Waals surface area contributed by atoms with Crippen LogP contribution in [0.1, 0.15) is 56.3 Å². The van der Waals surface area contributed by atoms with E-state index in [1.165, 1.54) is 11.1 Å². The van der Waals surface area contributed by atoms with Crippen LogP contribution in [-0.2, 0) is 17.8 Å². The van der Waals surface area contributed by atoms with E-state index in [2.05, 4.69) is 49.9 Å². The van der Waals surface area contributed by atoms with Gasteiger partial charge in [0, 0.05) is 31.5 Å². The number of nitrogens with zero attached hydrogens (tertiary/aromatic N) is 1. The van der Waals surface area contributed by atoms with Gasteiger partial charge in [-0.25, -0.2) is 0 Å². The SMILES string of the molecule is COc1cc2c(cc1OCc1ccccc1)CCN1C[C@@H](CC(C)(C)C)C(=O)C[C@H]21. The summed E-state index contributed by atoms with van der Waals surface area (Å²) < 4.78 is 11.8. The van der Waals surface area contributed by atoms with Crippen LogP contribution in [-0.4, -0.2) is 30.9 Å². The minimum absolute atomic E-state index is 0.151. The molecule has 30 heavy (non-hydrogen) atoms. The van der Waals surface area contributed by atoms with Gasteiger partial charge >= 0.3 is 0 Å². The van der Waals surface area contributed by atoms with Crippen molar-refractivity contribution in [2.45, 2.75) is 52.7 Å². The van der Waals surface area contributed by atoms with Crippen LogP contribution < -0.4 is 9.47 Å². The molecule has 4 heteroatoms. The van der Waals surface area contributed by atoms with Crippen LogP contribution in [0.2, 0.25) is 0 Å². The molecule has 0 spiro atoms. The summed E-state index contributed by atoms with van der Waals surface area (Å²) in [6, 6.07) is 14.6. The Morgan fingerprint density at radius 1 is 1.10 bits per heavy atom. The van der Waals surface area contributed by atoms with Gasteiger partial charge in [0.15, 0.2) is 11.5 Å². The van der Waals surface area contributed by atoms with Gasteiger partial charge in [0.2, 0.25) is 0 Å². The molecule has 0 amide bonds. The van der Waals surface area contributed by atoms with Crippen molar-refractivity contribution in [3.8, 4) is 11.5 Å². The van der Waals surface area contributed by atoms with E-state index in [-0.39, 0.29) is 17.4 Å². The first-order chi connectivity index (χ1) is 14.3. The van der Waals surface area contributed by atoms with Crippen molar-refractivity contribution in [3.63, 3.8) is 0 Å². The molecule has 0 bridgehead atoms. The van der Waals surface area contributed by atoms with E-state index in [1.54, 1.807) is 7.11 Å². The Bertz CT molecular complexity index is 900. The monoisotopic (exact) mass is 407 g/mol. The van der Waals surface area contributed by atoms with Crippen LogP contribution in [0.4, 0.5) is 0 Å². The summed E-state index contributed by atoms with van der Waals surface area (Å²) in [7, 11) is 1.68. The number of fused-ring (bicyclic) bond motifs is 3. The lowest BCUT2D eigenvalue weighted by Crippen LogP contribution is -2.47. The molecule has 1 saturated heterocycles. The number of piperidine rings is 1. The lowest BCUT2D eigenvalue weighted by atomic mass is 9.76. The molecule has 2 aromatic carbocycles. The summed E-state index contributed by atoms with van der Waals surface area (Å²) in [4.78, 5) is 15.4. The molecule has 2 atom stereocenters. The first-order valence-corrected chi connectivity index (χ1v) is 11.0. The second kappa shape index (κ2) is 8.43. The maximum absolute atomic E-state index is 12.9. The van der Waals surface area contributed by atoms with Crippen LogP contribution in [0.5, 0.6) is 11.5 Å². The fourth-order valence-electron chi connectivity index (χ4n) is 4.89. The number of hydrogen-bond donors (Lipinski definition) is 0. The van der Waals surface area contributed by atoms with E-state index < -0.39 is 0 Å². The highest BCUT2D eigenvalue weighted by atomic mass is 16.5. The van der Waals surface area contributed by atoms with Crippen molar-refractivity contribution in [3.05, 3.63) is 59.2 Å². The highest BCUT2D eigenvalue weighted by Gasteiger charge is 2.39. The Labute approximate surface area is 180 Å². The topological polar surface area (TPSA) is 38.8 Å². The number of benzene rings is 2. The molecule has 0 radical (unpaired) electrons. The lowest BCUT2D eigenvalue weighted by Gasteiger charge is -2.44. The fraction of sp³-hybridized carbons (Fsp3) is 0.500.